The van der Waals surface area contributed by atoms with E-state index in [-0.39, 0.29) is 23.9 Å². The molecule has 1 aliphatic carbocycles. The van der Waals surface area contributed by atoms with E-state index in [2.05, 4.69) is 43.1 Å². The molecule has 31 heavy (non-hydrogen) atoms. The van der Waals surface area contributed by atoms with E-state index in [1.807, 2.05) is 43.5 Å². The Morgan fingerprint density at radius 1 is 1.19 bits per heavy atom. The Balaban J connectivity index is 1.65. The first kappa shape index (κ1) is 21.3. The SMILES string of the molecule is CC[C@H]1[C@H](/C=C/c2ccc(-c3ccccc3)cn2)[C@@H]2[C@@H](C)OC(=O)[C@]2(C(N)=O)C[C@@H]1C. The van der Waals surface area contributed by atoms with Gasteiger partial charge in [0.25, 0.3) is 0 Å². The molecule has 1 aromatic carbocycles. The summed E-state index contributed by atoms with van der Waals surface area (Å²) in [4.78, 5) is 29.9. The van der Waals surface area contributed by atoms with Crippen molar-refractivity contribution >= 4 is 18.0 Å². The van der Waals surface area contributed by atoms with Gasteiger partial charge in [-0.3, -0.25) is 14.6 Å². The van der Waals surface area contributed by atoms with Crippen LogP contribution in [-0.4, -0.2) is 23.0 Å². The average molecular weight is 419 g/mol. The number of cyclic esters (lactones) is 1. The molecule has 1 aromatic heterocycles. The fraction of sp³-hybridized carbons (Fsp3) is 0.423. The number of ether oxygens (including phenoxy) is 1. The molecule has 4 rings (SSSR count). The van der Waals surface area contributed by atoms with Crippen LogP contribution in [0.1, 0.15) is 39.3 Å². The molecular formula is C26H30N2O3. The van der Waals surface area contributed by atoms with E-state index in [9.17, 15) is 9.59 Å². The molecule has 1 aliphatic heterocycles. The van der Waals surface area contributed by atoms with E-state index < -0.39 is 17.3 Å². The van der Waals surface area contributed by atoms with Crippen LogP contribution in [0.2, 0.25) is 0 Å². The summed E-state index contributed by atoms with van der Waals surface area (Å²) in [7, 11) is 0. The first-order chi connectivity index (χ1) is 14.9. The monoisotopic (exact) mass is 418 g/mol. The number of primary amides is 1. The van der Waals surface area contributed by atoms with Gasteiger partial charge in [-0.1, -0.05) is 62.7 Å². The number of carbonyl (C=O) groups excluding carboxylic acids is 2. The van der Waals surface area contributed by atoms with Gasteiger partial charge in [-0.05, 0) is 48.8 Å². The molecule has 0 bridgehead atoms. The maximum absolute atomic E-state index is 12.8. The van der Waals surface area contributed by atoms with Crippen LogP contribution in [-0.2, 0) is 14.3 Å². The van der Waals surface area contributed by atoms with E-state index in [1.165, 1.54) is 0 Å². The average Bonchev–Trinajstić information content (AvgIpc) is 3.03. The van der Waals surface area contributed by atoms with Gasteiger partial charge in [0.05, 0.1) is 5.69 Å². The molecule has 162 valence electrons. The molecule has 1 amide bonds. The fourth-order valence-corrected chi connectivity index (χ4v) is 5.87. The summed E-state index contributed by atoms with van der Waals surface area (Å²) < 4.78 is 5.57. The number of rotatable bonds is 5. The third-order valence-corrected chi connectivity index (χ3v) is 7.31. The van der Waals surface area contributed by atoms with E-state index in [4.69, 9.17) is 10.5 Å². The minimum absolute atomic E-state index is 0.0123. The van der Waals surface area contributed by atoms with Crippen molar-refractivity contribution in [2.45, 2.75) is 39.7 Å². The van der Waals surface area contributed by atoms with Crippen molar-refractivity contribution in [2.24, 2.45) is 34.8 Å². The lowest BCUT2D eigenvalue weighted by atomic mass is 9.53. The lowest BCUT2D eigenvalue weighted by molar-refractivity contribution is -0.156. The van der Waals surface area contributed by atoms with Crippen LogP contribution in [0.4, 0.5) is 0 Å². The number of nitrogens with zero attached hydrogens (tertiary/aromatic N) is 1. The van der Waals surface area contributed by atoms with Crippen molar-refractivity contribution in [1.29, 1.82) is 0 Å². The van der Waals surface area contributed by atoms with Crippen molar-refractivity contribution in [1.82, 2.24) is 4.98 Å². The molecule has 5 nitrogen and oxygen atoms in total. The number of amides is 1. The highest BCUT2D eigenvalue weighted by atomic mass is 16.6. The molecule has 6 atom stereocenters. The minimum atomic E-state index is -1.23. The Hall–Kier alpha value is -2.95. The van der Waals surface area contributed by atoms with Crippen LogP contribution < -0.4 is 5.73 Å². The van der Waals surface area contributed by atoms with Gasteiger partial charge in [-0.25, -0.2) is 0 Å². The first-order valence-corrected chi connectivity index (χ1v) is 11.1. The molecule has 5 heteroatoms. The van der Waals surface area contributed by atoms with Crippen molar-refractivity contribution in [3.05, 3.63) is 60.4 Å². The van der Waals surface area contributed by atoms with Crippen LogP contribution in [0.25, 0.3) is 17.2 Å². The van der Waals surface area contributed by atoms with Crippen LogP contribution >= 0.6 is 0 Å². The molecule has 2 aromatic rings. The Bertz CT molecular complexity index is 985. The highest BCUT2D eigenvalue weighted by Crippen LogP contribution is 2.57. The van der Waals surface area contributed by atoms with Crippen molar-refractivity contribution in [2.75, 3.05) is 0 Å². The summed E-state index contributed by atoms with van der Waals surface area (Å²) in [5, 5.41) is 0. The van der Waals surface area contributed by atoms with Crippen molar-refractivity contribution < 1.29 is 14.3 Å². The summed E-state index contributed by atoms with van der Waals surface area (Å²) in [6.45, 7) is 6.15. The van der Waals surface area contributed by atoms with Gasteiger partial charge in [0.2, 0.25) is 5.91 Å². The Morgan fingerprint density at radius 3 is 2.55 bits per heavy atom. The number of esters is 1. The Labute approximate surface area is 183 Å². The van der Waals surface area contributed by atoms with E-state index >= 15 is 0 Å². The van der Waals surface area contributed by atoms with Gasteiger partial charge < -0.3 is 10.5 Å². The molecule has 0 radical (unpaired) electrons. The highest BCUT2D eigenvalue weighted by Gasteiger charge is 2.65. The zero-order valence-corrected chi connectivity index (χ0v) is 18.3. The maximum Gasteiger partial charge on any atom is 0.322 e. The molecule has 2 aliphatic rings. The second-order valence-electron chi connectivity index (χ2n) is 9.00. The summed E-state index contributed by atoms with van der Waals surface area (Å²) in [5.74, 6) is -0.722. The minimum Gasteiger partial charge on any atom is -0.461 e. The van der Waals surface area contributed by atoms with Gasteiger partial charge in [-0.15, -0.1) is 0 Å². The molecule has 0 spiro atoms. The zero-order chi connectivity index (χ0) is 22.2. The van der Waals surface area contributed by atoms with Crippen LogP contribution in [0.5, 0.6) is 0 Å². The molecule has 0 unspecified atom stereocenters. The zero-order valence-electron chi connectivity index (χ0n) is 18.3. The quantitative estimate of drug-likeness (QED) is 0.573. The Morgan fingerprint density at radius 2 is 1.94 bits per heavy atom. The van der Waals surface area contributed by atoms with Gasteiger partial charge in [0, 0.05) is 17.7 Å². The molecule has 2 heterocycles. The molecule has 1 saturated carbocycles. The van der Waals surface area contributed by atoms with Crippen LogP contribution in [0.3, 0.4) is 0 Å². The van der Waals surface area contributed by atoms with Gasteiger partial charge in [-0.2, -0.15) is 0 Å². The lowest BCUT2D eigenvalue weighted by Gasteiger charge is -2.46. The van der Waals surface area contributed by atoms with Crippen molar-refractivity contribution in [3.8, 4) is 11.1 Å². The predicted molar refractivity (Wildman–Crippen MR) is 120 cm³/mol. The number of carbonyl (C=O) groups is 2. The molecular weight excluding hydrogens is 388 g/mol. The summed E-state index contributed by atoms with van der Waals surface area (Å²) in [6.07, 6.45) is 7.07. The molecule has 1 saturated heterocycles. The third kappa shape index (κ3) is 3.56. The number of pyridine rings is 1. The predicted octanol–water partition coefficient (Wildman–Crippen LogP) is 4.48. The van der Waals surface area contributed by atoms with Crippen molar-refractivity contribution in [3.63, 3.8) is 0 Å². The normalized spacial score (nSPS) is 32.6. The van der Waals surface area contributed by atoms with Gasteiger partial charge >= 0.3 is 5.97 Å². The van der Waals surface area contributed by atoms with E-state index in [0.717, 1.165) is 23.2 Å². The largest absolute Gasteiger partial charge is 0.461 e. The van der Waals surface area contributed by atoms with Crippen LogP contribution in [0.15, 0.2) is 54.7 Å². The highest BCUT2D eigenvalue weighted by molar-refractivity contribution is 6.04. The van der Waals surface area contributed by atoms with Crippen LogP contribution in [0, 0.1) is 29.1 Å². The number of fused-ring (bicyclic) bond motifs is 1. The first-order valence-electron chi connectivity index (χ1n) is 11.1. The fourth-order valence-electron chi connectivity index (χ4n) is 5.87. The van der Waals surface area contributed by atoms with E-state index in [0.29, 0.717) is 12.3 Å². The number of hydrogen-bond donors (Lipinski definition) is 1. The second-order valence-corrected chi connectivity index (χ2v) is 9.00. The third-order valence-electron chi connectivity index (χ3n) is 7.31. The maximum atomic E-state index is 12.8. The summed E-state index contributed by atoms with van der Waals surface area (Å²) in [5.41, 5.74) is 7.61. The smallest absolute Gasteiger partial charge is 0.322 e. The topological polar surface area (TPSA) is 82.3 Å². The molecule has 2 N–H and O–H groups in total. The van der Waals surface area contributed by atoms with E-state index in [1.54, 1.807) is 0 Å². The number of nitrogens with two attached hydrogens (primary N) is 1. The second kappa shape index (κ2) is 8.29. The standard InChI is InChI=1S/C26H30N2O3/c1-4-21-16(2)14-26(24(27)29)23(17(3)31-25(26)30)22(21)13-12-20-11-10-19(15-28-20)18-8-6-5-7-9-18/h5-13,15-17,21-23H,4,14H2,1-3H3,(H2,27,29)/b13-12+/t16-,17+,21+,22-,23-,26+/m0/s1. The lowest BCUT2D eigenvalue weighted by Crippen LogP contribution is -2.55. The summed E-state index contributed by atoms with van der Waals surface area (Å²) in [6, 6.07) is 14.2. The number of benzene rings is 1. The molecule has 2 fully saturated rings. The number of aromatic nitrogens is 1. The number of allylic oxidation sites excluding steroid dienone is 1. The van der Waals surface area contributed by atoms with Gasteiger partial charge in [0.1, 0.15) is 6.10 Å². The Kier molecular flexibility index (Phi) is 5.69. The summed E-state index contributed by atoms with van der Waals surface area (Å²) >= 11 is 0. The van der Waals surface area contributed by atoms with Gasteiger partial charge in [0.15, 0.2) is 5.41 Å². The number of hydrogen-bond acceptors (Lipinski definition) is 4.